The molecule has 1 aromatic carbocycles. The summed E-state index contributed by atoms with van der Waals surface area (Å²) in [6.45, 7) is 1.41. The lowest BCUT2D eigenvalue weighted by Crippen LogP contribution is -2.34. The summed E-state index contributed by atoms with van der Waals surface area (Å²) in [4.78, 5) is -0.0864. The maximum Gasteiger partial charge on any atom is 0.241 e. The van der Waals surface area contributed by atoms with Crippen LogP contribution >= 0.6 is 0 Å². The average molecular weight is 302 g/mol. The van der Waals surface area contributed by atoms with Gasteiger partial charge in [0.2, 0.25) is 10.0 Å². The van der Waals surface area contributed by atoms with E-state index in [0.29, 0.717) is 13.2 Å². The van der Waals surface area contributed by atoms with Gasteiger partial charge in [0.15, 0.2) is 0 Å². The van der Waals surface area contributed by atoms with Crippen molar-refractivity contribution in [2.75, 3.05) is 19.8 Å². The molecule has 0 aromatic heterocycles. The van der Waals surface area contributed by atoms with E-state index in [9.17, 15) is 12.8 Å². The Balaban J connectivity index is 2.12. The van der Waals surface area contributed by atoms with Crippen LogP contribution in [-0.4, -0.2) is 28.2 Å². The van der Waals surface area contributed by atoms with Crippen molar-refractivity contribution in [1.82, 2.24) is 4.72 Å². The molecule has 0 saturated carbocycles. The van der Waals surface area contributed by atoms with Gasteiger partial charge in [-0.3, -0.25) is 0 Å². The normalized spacial score (nSPS) is 20.0. The molecule has 0 aliphatic carbocycles. The van der Waals surface area contributed by atoms with E-state index in [1.807, 2.05) is 0 Å². The molecule has 1 unspecified atom stereocenters. The van der Waals surface area contributed by atoms with Crippen LogP contribution in [0.25, 0.3) is 0 Å². The maximum atomic E-state index is 13.6. The predicted octanol–water partition coefficient (Wildman–Crippen LogP) is 0.989. The summed E-state index contributed by atoms with van der Waals surface area (Å²) in [5.74, 6) is -0.440. The predicted molar refractivity (Wildman–Crippen MR) is 73.0 cm³/mol. The van der Waals surface area contributed by atoms with Crippen molar-refractivity contribution in [3.8, 4) is 0 Å². The highest BCUT2D eigenvalue weighted by Crippen LogP contribution is 2.19. The van der Waals surface area contributed by atoms with Crippen molar-refractivity contribution < 1.29 is 17.5 Å². The number of rotatable bonds is 5. The second-order valence-electron chi connectivity index (χ2n) is 4.86. The molecule has 0 bridgehead atoms. The number of halogens is 1. The van der Waals surface area contributed by atoms with Gasteiger partial charge in [-0.2, -0.15) is 0 Å². The fourth-order valence-corrected chi connectivity index (χ4v) is 3.64. The van der Waals surface area contributed by atoms with Gasteiger partial charge < -0.3 is 10.5 Å². The van der Waals surface area contributed by atoms with E-state index in [0.717, 1.165) is 19.4 Å². The highest BCUT2D eigenvalue weighted by Gasteiger charge is 2.22. The summed E-state index contributed by atoms with van der Waals surface area (Å²) in [6, 6.07) is 3.94. The van der Waals surface area contributed by atoms with Gasteiger partial charge in [-0.25, -0.2) is 17.5 Å². The van der Waals surface area contributed by atoms with Crippen molar-refractivity contribution >= 4 is 10.0 Å². The third-order valence-electron chi connectivity index (χ3n) is 3.39. The highest BCUT2D eigenvalue weighted by molar-refractivity contribution is 7.89. The smallest absolute Gasteiger partial charge is 0.241 e. The molecule has 1 aliphatic rings. The van der Waals surface area contributed by atoms with E-state index in [-0.39, 0.29) is 22.9 Å². The lowest BCUT2D eigenvalue weighted by Gasteiger charge is -2.22. The number of ether oxygens (including phenoxy) is 1. The van der Waals surface area contributed by atoms with E-state index in [1.54, 1.807) is 0 Å². The molecule has 2 rings (SSSR count). The molecule has 1 aliphatic heterocycles. The maximum absolute atomic E-state index is 13.6. The molecule has 1 heterocycles. The van der Waals surface area contributed by atoms with E-state index < -0.39 is 15.8 Å². The van der Waals surface area contributed by atoms with Gasteiger partial charge in [0.05, 0.1) is 11.5 Å². The molecule has 1 atom stereocenters. The molecular formula is C13H19FN2O3S. The second kappa shape index (κ2) is 6.62. The molecule has 0 amide bonds. The van der Waals surface area contributed by atoms with Gasteiger partial charge in [0, 0.05) is 25.3 Å². The fraction of sp³-hybridized carbons (Fsp3) is 0.538. The first-order valence-electron chi connectivity index (χ1n) is 6.59. The van der Waals surface area contributed by atoms with Gasteiger partial charge >= 0.3 is 0 Å². The number of hydrogen-bond donors (Lipinski definition) is 2. The SMILES string of the molecule is NCc1c(F)cccc1S(=O)(=O)NCC1CCCOC1. The Morgan fingerprint density at radius 3 is 2.90 bits per heavy atom. The number of benzene rings is 1. The van der Waals surface area contributed by atoms with E-state index in [2.05, 4.69) is 4.72 Å². The van der Waals surface area contributed by atoms with Crippen LogP contribution in [0.1, 0.15) is 18.4 Å². The molecule has 7 heteroatoms. The first-order chi connectivity index (χ1) is 9.54. The second-order valence-corrected chi connectivity index (χ2v) is 6.59. The molecule has 0 radical (unpaired) electrons. The zero-order valence-corrected chi connectivity index (χ0v) is 12.0. The molecule has 112 valence electrons. The number of sulfonamides is 1. The van der Waals surface area contributed by atoms with Gasteiger partial charge in [0.25, 0.3) is 0 Å². The van der Waals surface area contributed by atoms with E-state index in [1.165, 1.54) is 18.2 Å². The standard InChI is InChI=1S/C13H19FN2O3S/c14-12-4-1-5-13(11(12)7-15)20(17,18)16-8-10-3-2-6-19-9-10/h1,4-5,10,16H,2-3,6-9,15H2. The minimum atomic E-state index is -3.75. The molecule has 5 nitrogen and oxygen atoms in total. The Hall–Kier alpha value is -1.02. The van der Waals surface area contributed by atoms with Crippen molar-refractivity contribution in [2.45, 2.75) is 24.3 Å². The average Bonchev–Trinajstić information content (AvgIpc) is 2.46. The molecule has 1 aromatic rings. The summed E-state index contributed by atoms with van der Waals surface area (Å²) in [6.07, 6.45) is 1.86. The Kier molecular flexibility index (Phi) is 5.09. The van der Waals surface area contributed by atoms with E-state index >= 15 is 0 Å². The Morgan fingerprint density at radius 1 is 1.45 bits per heavy atom. The minimum absolute atomic E-state index is 0.0138. The van der Waals surface area contributed by atoms with Crippen LogP contribution < -0.4 is 10.5 Å². The molecule has 3 N–H and O–H groups in total. The van der Waals surface area contributed by atoms with Crippen LogP contribution in [0.15, 0.2) is 23.1 Å². The molecule has 1 fully saturated rings. The number of nitrogens with two attached hydrogens (primary N) is 1. The first-order valence-corrected chi connectivity index (χ1v) is 8.08. The lowest BCUT2D eigenvalue weighted by molar-refractivity contribution is 0.0568. The minimum Gasteiger partial charge on any atom is -0.381 e. The summed E-state index contributed by atoms with van der Waals surface area (Å²) in [5.41, 5.74) is 5.45. The van der Waals surface area contributed by atoms with Crippen LogP contribution in [0, 0.1) is 11.7 Å². The van der Waals surface area contributed by atoms with Gasteiger partial charge in [-0.05, 0) is 30.9 Å². The Morgan fingerprint density at radius 2 is 2.25 bits per heavy atom. The zero-order chi connectivity index (χ0) is 14.6. The van der Waals surface area contributed by atoms with Crippen LogP contribution in [0.5, 0.6) is 0 Å². The van der Waals surface area contributed by atoms with Gasteiger partial charge in [-0.15, -0.1) is 0 Å². The van der Waals surface area contributed by atoms with Crippen molar-refractivity contribution in [3.63, 3.8) is 0 Å². The summed E-state index contributed by atoms with van der Waals surface area (Å²) < 4.78 is 45.9. The third kappa shape index (κ3) is 3.54. The molecule has 1 saturated heterocycles. The fourth-order valence-electron chi connectivity index (χ4n) is 2.26. The van der Waals surface area contributed by atoms with Crippen molar-refractivity contribution in [3.05, 3.63) is 29.6 Å². The van der Waals surface area contributed by atoms with Crippen LogP contribution in [0.3, 0.4) is 0 Å². The largest absolute Gasteiger partial charge is 0.381 e. The number of nitrogens with one attached hydrogen (secondary N) is 1. The zero-order valence-electron chi connectivity index (χ0n) is 11.1. The highest BCUT2D eigenvalue weighted by atomic mass is 32.2. The molecule has 20 heavy (non-hydrogen) atoms. The Labute approximate surface area is 118 Å². The summed E-state index contributed by atoms with van der Waals surface area (Å²) >= 11 is 0. The monoisotopic (exact) mass is 302 g/mol. The van der Waals surface area contributed by atoms with Crippen LogP contribution in [-0.2, 0) is 21.3 Å². The lowest BCUT2D eigenvalue weighted by atomic mass is 10.0. The molecule has 0 spiro atoms. The topological polar surface area (TPSA) is 81.4 Å². The molecular weight excluding hydrogens is 283 g/mol. The Bertz CT molecular complexity index is 557. The third-order valence-corrected chi connectivity index (χ3v) is 4.89. The van der Waals surface area contributed by atoms with Crippen LogP contribution in [0.4, 0.5) is 4.39 Å². The van der Waals surface area contributed by atoms with Crippen LogP contribution in [0.2, 0.25) is 0 Å². The van der Waals surface area contributed by atoms with Gasteiger partial charge in [0.1, 0.15) is 5.82 Å². The van der Waals surface area contributed by atoms with E-state index in [4.69, 9.17) is 10.5 Å². The first kappa shape index (κ1) is 15.4. The quantitative estimate of drug-likeness (QED) is 0.850. The van der Waals surface area contributed by atoms with Crippen molar-refractivity contribution in [2.24, 2.45) is 11.7 Å². The van der Waals surface area contributed by atoms with Crippen molar-refractivity contribution in [1.29, 1.82) is 0 Å². The number of hydrogen-bond acceptors (Lipinski definition) is 4. The summed E-state index contributed by atoms with van der Waals surface area (Å²) in [5, 5.41) is 0. The summed E-state index contributed by atoms with van der Waals surface area (Å²) in [7, 11) is -3.75. The van der Waals surface area contributed by atoms with Gasteiger partial charge in [-0.1, -0.05) is 6.07 Å².